The minimum absolute atomic E-state index is 0.168. The van der Waals surface area contributed by atoms with Crippen molar-refractivity contribution in [3.05, 3.63) is 90.3 Å². The van der Waals surface area contributed by atoms with Gasteiger partial charge in [-0.05, 0) is 55.5 Å². The van der Waals surface area contributed by atoms with Crippen molar-refractivity contribution in [1.82, 2.24) is 19.6 Å². The van der Waals surface area contributed by atoms with Crippen LogP contribution < -0.4 is 5.32 Å². The van der Waals surface area contributed by atoms with E-state index in [1.54, 1.807) is 67.8 Å². The van der Waals surface area contributed by atoms with Crippen molar-refractivity contribution in [3.8, 4) is 11.4 Å². The molecule has 31 heavy (non-hydrogen) atoms. The third-order valence-corrected chi connectivity index (χ3v) is 4.39. The predicted molar refractivity (Wildman–Crippen MR) is 111 cm³/mol. The molecule has 0 saturated heterocycles. The van der Waals surface area contributed by atoms with Gasteiger partial charge in [-0.1, -0.05) is 12.1 Å². The molecule has 8 nitrogen and oxygen atoms in total. The number of para-hydroxylation sites is 2. The normalized spacial score (nSPS) is 10.6. The predicted octanol–water partition coefficient (Wildman–Crippen LogP) is 3.63. The van der Waals surface area contributed by atoms with Crippen molar-refractivity contribution in [1.29, 1.82) is 0 Å². The van der Waals surface area contributed by atoms with Gasteiger partial charge in [-0.15, -0.1) is 0 Å². The molecular weight excluding hydrogens is 401 g/mol. The molecule has 0 bridgehead atoms. The highest BCUT2D eigenvalue weighted by atomic mass is 19.1. The molecule has 9 heteroatoms. The standard InChI is InChI=1S/C22H18FN5O3/c1-2-31-22(30)19-12-14-28(26-19)20-6-4-3-5-17(20)24-21(29)18-11-13-27(25-18)16-9-7-15(23)8-10-16/h3-14H,2H2,1H3,(H,24,29). The number of amides is 1. The molecule has 2 heterocycles. The van der Waals surface area contributed by atoms with Crippen molar-refractivity contribution < 1.29 is 18.7 Å². The molecule has 156 valence electrons. The highest BCUT2D eigenvalue weighted by molar-refractivity contribution is 6.04. The van der Waals surface area contributed by atoms with Gasteiger partial charge in [-0.3, -0.25) is 4.79 Å². The molecule has 0 atom stereocenters. The lowest BCUT2D eigenvalue weighted by molar-refractivity contribution is 0.0518. The van der Waals surface area contributed by atoms with E-state index in [1.165, 1.54) is 21.5 Å². The third kappa shape index (κ3) is 4.35. The first-order valence-electron chi connectivity index (χ1n) is 9.50. The summed E-state index contributed by atoms with van der Waals surface area (Å²) in [6.07, 6.45) is 3.23. The second-order valence-electron chi connectivity index (χ2n) is 6.46. The Labute approximate surface area is 176 Å². The smallest absolute Gasteiger partial charge is 0.358 e. The topological polar surface area (TPSA) is 91.0 Å². The number of esters is 1. The number of hydrogen-bond acceptors (Lipinski definition) is 5. The Morgan fingerprint density at radius 3 is 2.39 bits per heavy atom. The van der Waals surface area contributed by atoms with E-state index in [1.807, 2.05) is 0 Å². The van der Waals surface area contributed by atoms with Gasteiger partial charge in [0.05, 0.1) is 23.7 Å². The van der Waals surface area contributed by atoms with Crippen molar-refractivity contribution >= 4 is 17.6 Å². The maximum atomic E-state index is 13.1. The van der Waals surface area contributed by atoms with E-state index in [0.717, 1.165) is 0 Å². The Balaban J connectivity index is 1.55. The van der Waals surface area contributed by atoms with E-state index in [9.17, 15) is 14.0 Å². The summed E-state index contributed by atoms with van der Waals surface area (Å²) in [4.78, 5) is 24.6. The molecule has 0 aliphatic rings. The van der Waals surface area contributed by atoms with Gasteiger partial charge in [0, 0.05) is 12.4 Å². The fourth-order valence-electron chi connectivity index (χ4n) is 2.92. The molecule has 4 aromatic rings. The summed E-state index contributed by atoms with van der Waals surface area (Å²) in [5, 5.41) is 11.3. The zero-order chi connectivity index (χ0) is 21.8. The summed E-state index contributed by atoms with van der Waals surface area (Å²) in [6, 6.07) is 15.9. The second kappa shape index (κ2) is 8.62. The molecule has 2 aromatic heterocycles. The van der Waals surface area contributed by atoms with Crippen LogP contribution in [0, 0.1) is 5.82 Å². The Hall–Kier alpha value is -4.27. The van der Waals surface area contributed by atoms with Crippen molar-refractivity contribution in [2.24, 2.45) is 0 Å². The minimum Gasteiger partial charge on any atom is -0.461 e. The number of aromatic nitrogens is 4. The molecule has 0 spiro atoms. The van der Waals surface area contributed by atoms with E-state index >= 15 is 0 Å². The number of anilines is 1. The summed E-state index contributed by atoms with van der Waals surface area (Å²) in [5.74, 6) is -1.30. The van der Waals surface area contributed by atoms with Crippen molar-refractivity contribution in [2.75, 3.05) is 11.9 Å². The van der Waals surface area contributed by atoms with Gasteiger partial charge in [-0.25, -0.2) is 18.5 Å². The lowest BCUT2D eigenvalue weighted by Gasteiger charge is -2.10. The Bertz CT molecular complexity index is 1230. The Morgan fingerprint density at radius 2 is 1.61 bits per heavy atom. The number of hydrogen-bond donors (Lipinski definition) is 1. The molecule has 0 saturated carbocycles. The highest BCUT2D eigenvalue weighted by Crippen LogP contribution is 2.21. The number of nitrogens with zero attached hydrogens (tertiary/aromatic N) is 4. The molecule has 4 rings (SSSR count). The molecule has 0 aliphatic carbocycles. The summed E-state index contributed by atoms with van der Waals surface area (Å²) < 4.78 is 21.0. The fraction of sp³-hybridized carbons (Fsp3) is 0.0909. The van der Waals surface area contributed by atoms with Crippen LogP contribution in [0.1, 0.15) is 27.9 Å². The van der Waals surface area contributed by atoms with E-state index in [-0.39, 0.29) is 23.8 Å². The van der Waals surface area contributed by atoms with Gasteiger partial charge in [-0.2, -0.15) is 10.2 Å². The van der Waals surface area contributed by atoms with Crippen LogP contribution in [-0.4, -0.2) is 38.0 Å². The van der Waals surface area contributed by atoms with E-state index in [4.69, 9.17) is 4.74 Å². The van der Waals surface area contributed by atoms with Crippen LogP contribution in [0.4, 0.5) is 10.1 Å². The molecule has 0 aliphatic heterocycles. The zero-order valence-electron chi connectivity index (χ0n) is 16.5. The molecule has 0 radical (unpaired) electrons. The highest BCUT2D eigenvalue weighted by Gasteiger charge is 2.16. The lowest BCUT2D eigenvalue weighted by atomic mass is 10.2. The van der Waals surface area contributed by atoms with Gasteiger partial charge in [0.1, 0.15) is 5.82 Å². The number of ether oxygens (including phenoxy) is 1. The maximum Gasteiger partial charge on any atom is 0.358 e. The number of nitrogens with one attached hydrogen (secondary N) is 1. The van der Waals surface area contributed by atoms with Gasteiger partial charge in [0.15, 0.2) is 11.4 Å². The second-order valence-corrected chi connectivity index (χ2v) is 6.46. The average molecular weight is 419 g/mol. The number of benzene rings is 2. The molecule has 0 unspecified atom stereocenters. The van der Waals surface area contributed by atoms with Crippen LogP contribution in [0.5, 0.6) is 0 Å². The number of rotatable bonds is 6. The largest absolute Gasteiger partial charge is 0.461 e. The van der Waals surface area contributed by atoms with Crippen LogP contribution in [0.3, 0.4) is 0 Å². The third-order valence-electron chi connectivity index (χ3n) is 4.39. The van der Waals surface area contributed by atoms with Gasteiger partial charge in [0.25, 0.3) is 5.91 Å². The number of carbonyl (C=O) groups excluding carboxylic acids is 2. The van der Waals surface area contributed by atoms with Gasteiger partial charge in [0.2, 0.25) is 0 Å². The Kier molecular flexibility index (Phi) is 5.57. The van der Waals surface area contributed by atoms with Crippen molar-refractivity contribution in [3.63, 3.8) is 0 Å². The van der Waals surface area contributed by atoms with E-state index in [2.05, 4.69) is 15.5 Å². The fourth-order valence-corrected chi connectivity index (χ4v) is 2.92. The minimum atomic E-state index is -0.519. The SMILES string of the molecule is CCOC(=O)c1ccn(-c2ccccc2NC(=O)c2ccn(-c3ccc(F)cc3)n2)n1. The monoisotopic (exact) mass is 419 g/mol. The van der Waals surface area contributed by atoms with Crippen LogP contribution >= 0.6 is 0 Å². The maximum absolute atomic E-state index is 13.1. The molecule has 1 N–H and O–H groups in total. The van der Waals surface area contributed by atoms with E-state index < -0.39 is 11.9 Å². The molecule has 0 fully saturated rings. The summed E-state index contributed by atoms with van der Waals surface area (Å²) in [7, 11) is 0. The molecule has 1 amide bonds. The van der Waals surface area contributed by atoms with Crippen LogP contribution in [0.2, 0.25) is 0 Å². The number of carbonyl (C=O) groups is 2. The lowest BCUT2D eigenvalue weighted by Crippen LogP contribution is -2.15. The molecular formula is C22H18FN5O3. The van der Waals surface area contributed by atoms with E-state index in [0.29, 0.717) is 17.1 Å². The number of halogens is 1. The first-order valence-corrected chi connectivity index (χ1v) is 9.50. The molecule has 2 aromatic carbocycles. The first kappa shape index (κ1) is 20.0. The first-order chi connectivity index (χ1) is 15.0. The quantitative estimate of drug-likeness (QED) is 0.482. The van der Waals surface area contributed by atoms with Crippen LogP contribution in [0.25, 0.3) is 11.4 Å². The van der Waals surface area contributed by atoms with Gasteiger partial charge < -0.3 is 10.1 Å². The summed E-state index contributed by atoms with van der Waals surface area (Å²) in [5.41, 5.74) is 2.04. The zero-order valence-corrected chi connectivity index (χ0v) is 16.5. The van der Waals surface area contributed by atoms with Crippen LogP contribution in [0.15, 0.2) is 73.1 Å². The summed E-state index contributed by atoms with van der Waals surface area (Å²) >= 11 is 0. The van der Waals surface area contributed by atoms with Crippen molar-refractivity contribution in [2.45, 2.75) is 6.92 Å². The summed E-state index contributed by atoms with van der Waals surface area (Å²) in [6.45, 7) is 1.97. The van der Waals surface area contributed by atoms with Crippen LogP contribution in [-0.2, 0) is 4.74 Å². The Morgan fingerprint density at radius 1 is 0.935 bits per heavy atom. The average Bonchev–Trinajstić information content (AvgIpc) is 3.45. The van der Waals surface area contributed by atoms with Gasteiger partial charge >= 0.3 is 5.97 Å².